The number of unbranched alkanes of at least 4 members (excludes halogenated alkanes) is 3. The number of thioether (sulfide) groups is 1. The smallest absolute Gasteiger partial charge is 0.242 e. The normalized spacial score (nSPS) is 11.5. The van der Waals surface area contributed by atoms with Crippen LogP contribution in [0.3, 0.4) is 0 Å². The van der Waals surface area contributed by atoms with E-state index < -0.39 is 10.0 Å². The highest BCUT2D eigenvalue weighted by Gasteiger charge is 2.13. The molecule has 0 fully saturated rings. The number of hydrogen-bond donors (Lipinski definition) is 2. The van der Waals surface area contributed by atoms with E-state index in [0.29, 0.717) is 12.4 Å². The molecule has 0 aliphatic carbocycles. The largest absolute Gasteiger partial charge is 0.370 e. The van der Waals surface area contributed by atoms with Crippen LogP contribution in [0, 0.1) is 0 Å². The van der Waals surface area contributed by atoms with E-state index in [-0.39, 0.29) is 4.90 Å². The standard InChI is InChI=1S/C14H25N3O2S2/c1-3-15-14-9-8-13(12-16-14)21(18,19)17-10-6-4-5-7-11-20-2/h8-9,12,17H,3-7,10-11H2,1-2H3,(H,15,16). The summed E-state index contributed by atoms with van der Waals surface area (Å²) >= 11 is 1.85. The van der Waals surface area contributed by atoms with E-state index in [2.05, 4.69) is 21.3 Å². The van der Waals surface area contributed by atoms with Gasteiger partial charge in [-0.2, -0.15) is 11.8 Å². The topological polar surface area (TPSA) is 71.1 Å². The molecule has 0 unspecified atom stereocenters. The molecule has 1 rings (SSSR count). The Morgan fingerprint density at radius 3 is 2.57 bits per heavy atom. The van der Waals surface area contributed by atoms with Gasteiger partial charge in [-0.25, -0.2) is 18.1 Å². The van der Waals surface area contributed by atoms with Gasteiger partial charge in [0.15, 0.2) is 0 Å². The Morgan fingerprint density at radius 1 is 1.19 bits per heavy atom. The Kier molecular flexibility index (Phi) is 8.72. The van der Waals surface area contributed by atoms with Crippen molar-refractivity contribution < 1.29 is 8.42 Å². The average Bonchev–Trinajstić information content (AvgIpc) is 2.47. The van der Waals surface area contributed by atoms with Crippen LogP contribution >= 0.6 is 11.8 Å². The van der Waals surface area contributed by atoms with Crippen LogP contribution in [-0.2, 0) is 10.0 Å². The summed E-state index contributed by atoms with van der Waals surface area (Å²) in [5, 5.41) is 3.03. The molecule has 0 bridgehead atoms. The molecular formula is C14H25N3O2S2. The molecule has 0 aliphatic rings. The number of nitrogens with zero attached hydrogens (tertiary/aromatic N) is 1. The van der Waals surface area contributed by atoms with Crippen LogP contribution in [-0.4, -0.2) is 38.5 Å². The third-order valence-electron chi connectivity index (χ3n) is 2.97. The predicted octanol–water partition coefficient (Wildman–Crippen LogP) is 2.72. The fourth-order valence-electron chi connectivity index (χ4n) is 1.84. The molecule has 2 N–H and O–H groups in total. The molecule has 0 saturated carbocycles. The minimum absolute atomic E-state index is 0.214. The van der Waals surface area contributed by atoms with Crippen molar-refractivity contribution in [1.29, 1.82) is 0 Å². The van der Waals surface area contributed by atoms with Crippen molar-refractivity contribution >= 4 is 27.6 Å². The highest BCUT2D eigenvalue weighted by molar-refractivity contribution is 7.98. The van der Waals surface area contributed by atoms with Crippen molar-refractivity contribution in [2.24, 2.45) is 0 Å². The van der Waals surface area contributed by atoms with Crippen LogP contribution in [0.4, 0.5) is 5.82 Å². The molecule has 1 aromatic rings. The second-order valence-corrected chi connectivity index (χ2v) is 7.47. The maximum atomic E-state index is 12.1. The average molecular weight is 332 g/mol. The zero-order valence-corrected chi connectivity index (χ0v) is 14.4. The van der Waals surface area contributed by atoms with Crippen molar-refractivity contribution in [3.05, 3.63) is 18.3 Å². The van der Waals surface area contributed by atoms with E-state index >= 15 is 0 Å². The minimum Gasteiger partial charge on any atom is -0.370 e. The Morgan fingerprint density at radius 2 is 1.95 bits per heavy atom. The molecule has 0 radical (unpaired) electrons. The predicted molar refractivity (Wildman–Crippen MR) is 90.4 cm³/mol. The molecule has 0 saturated heterocycles. The van der Waals surface area contributed by atoms with Crippen molar-refractivity contribution in [2.45, 2.75) is 37.5 Å². The van der Waals surface area contributed by atoms with Crippen LogP contribution < -0.4 is 10.0 Å². The van der Waals surface area contributed by atoms with Crippen molar-refractivity contribution in [3.63, 3.8) is 0 Å². The van der Waals surface area contributed by atoms with Crippen LogP contribution in [0.5, 0.6) is 0 Å². The summed E-state index contributed by atoms with van der Waals surface area (Å²) in [5.74, 6) is 1.86. The van der Waals surface area contributed by atoms with Gasteiger partial charge in [-0.3, -0.25) is 0 Å². The third-order valence-corrected chi connectivity index (χ3v) is 5.12. The third kappa shape index (κ3) is 7.15. The monoisotopic (exact) mass is 331 g/mol. The molecule has 0 amide bonds. The van der Waals surface area contributed by atoms with Crippen LogP contribution in [0.25, 0.3) is 0 Å². The molecule has 0 spiro atoms. The molecular weight excluding hydrogens is 306 g/mol. The van der Waals surface area contributed by atoms with Crippen LogP contribution in [0.2, 0.25) is 0 Å². The Bertz CT molecular complexity index is 489. The van der Waals surface area contributed by atoms with Gasteiger partial charge < -0.3 is 5.32 Å². The fraction of sp³-hybridized carbons (Fsp3) is 0.643. The van der Waals surface area contributed by atoms with Crippen LogP contribution in [0.1, 0.15) is 32.6 Å². The zero-order valence-electron chi connectivity index (χ0n) is 12.8. The summed E-state index contributed by atoms with van der Waals surface area (Å²) < 4.78 is 26.7. The number of pyridine rings is 1. The minimum atomic E-state index is -3.43. The van der Waals surface area contributed by atoms with Gasteiger partial charge in [0, 0.05) is 19.3 Å². The SMILES string of the molecule is CCNc1ccc(S(=O)(=O)NCCCCCCSC)cn1. The van der Waals surface area contributed by atoms with Gasteiger partial charge in [-0.05, 0) is 43.9 Å². The van der Waals surface area contributed by atoms with Gasteiger partial charge in [0.05, 0.1) is 0 Å². The first-order valence-electron chi connectivity index (χ1n) is 7.28. The van der Waals surface area contributed by atoms with E-state index in [0.717, 1.165) is 25.8 Å². The summed E-state index contributed by atoms with van der Waals surface area (Å²) in [6.45, 7) is 3.21. The fourth-order valence-corrected chi connectivity index (χ4v) is 3.35. The Hall–Kier alpha value is -0.790. The van der Waals surface area contributed by atoms with Crippen LogP contribution in [0.15, 0.2) is 23.2 Å². The van der Waals surface area contributed by atoms with Gasteiger partial charge in [0.2, 0.25) is 10.0 Å². The molecule has 0 aliphatic heterocycles. The summed E-state index contributed by atoms with van der Waals surface area (Å²) in [6.07, 6.45) is 7.77. The molecule has 1 heterocycles. The highest BCUT2D eigenvalue weighted by Crippen LogP contribution is 2.11. The lowest BCUT2D eigenvalue weighted by molar-refractivity contribution is 0.573. The lowest BCUT2D eigenvalue weighted by Crippen LogP contribution is -2.25. The zero-order chi connectivity index (χ0) is 15.6. The number of sulfonamides is 1. The second-order valence-electron chi connectivity index (χ2n) is 4.71. The van der Waals surface area contributed by atoms with Crippen molar-refractivity contribution in [1.82, 2.24) is 9.71 Å². The van der Waals surface area contributed by atoms with E-state index in [4.69, 9.17) is 0 Å². The first kappa shape index (κ1) is 18.3. The molecule has 1 aromatic heterocycles. The summed E-state index contributed by atoms with van der Waals surface area (Å²) in [5.41, 5.74) is 0. The Labute approximate surface area is 132 Å². The first-order valence-corrected chi connectivity index (χ1v) is 10.2. The number of hydrogen-bond acceptors (Lipinski definition) is 5. The van der Waals surface area contributed by atoms with Crippen molar-refractivity contribution in [3.8, 4) is 0 Å². The molecule has 7 heteroatoms. The maximum absolute atomic E-state index is 12.1. The quantitative estimate of drug-likeness (QED) is 0.610. The van der Waals surface area contributed by atoms with E-state index in [1.165, 1.54) is 18.4 Å². The van der Waals surface area contributed by atoms with E-state index in [1.807, 2.05) is 18.7 Å². The van der Waals surface area contributed by atoms with Gasteiger partial charge in [-0.15, -0.1) is 0 Å². The molecule has 0 atom stereocenters. The first-order chi connectivity index (χ1) is 10.1. The lowest BCUT2D eigenvalue weighted by Gasteiger charge is -2.07. The molecule has 21 heavy (non-hydrogen) atoms. The maximum Gasteiger partial charge on any atom is 0.242 e. The lowest BCUT2D eigenvalue weighted by atomic mass is 10.2. The van der Waals surface area contributed by atoms with Gasteiger partial charge in [-0.1, -0.05) is 12.8 Å². The number of anilines is 1. The second kappa shape index (κ2) is 10.0. The van der Waals surface area contributed by atoms with Gasteiger partial charge in [0.1, 0.15) is 10.7 Å². The number of nitrogens with one attached hydrogen (secondary N) is 2. The summed E-state index contributed by atoms with van der Waals surface area (Å²) in [7, 11) is -3.43. The summed E-state index contributed by atoms with van der Waals surface area (Å²) in [6, 6.07) is 3.26. The van der Waals surface area contributed by atoms with E-state index in [9.17, 15) is 8.42 Å². The van der Waals surface area contributed by atoms with Gasteiger partial charge >= 0.3 is 0 Å². The van der Waals surface area contributed by atoms with Crippen molar-refractivity contribution in [2.75, 3.05) is 30.4 Å². The molecule has 0 aromatic carbocycles. The number of rotatable bonds is 11. The molecule has 120 valence electrons. The highest BCUT2D eigenvalue weighted by atomic mass is 32.2. The Balaban J connectivity index is 2.35. The number of aromatic nitrogens is 1. The molecule has 5 nitrogen and oxygen atoms in total. The van der Waals surface area contributed by atoms with E-state index in [1.54, 1.807) is 12.1 Å². The summed E-state index contributed by atoms with van der Waals surface area (Å²) in [4.78, 5) is 4.29. The van der Waals surface area contributed by atoms with Gasteiger partial charge in [0.25, 0.3) is 0 Å².